The molecule has 0 aliphatic rings. The number of fused-ring (bicyclic) bond motifs is 2. The maximum absolute atomic E-state index is 11.4. The molecule has 0 aliphatic carbocycles. The van der Waals surface area contributed by atoms with Gasteiger partial charge in [-0.3, -0.25) is 9.69 Å². The second kappa shape index (κ2) is 6.85. The molecule has 0 spiro atoms. The molecule has 7 heteroatoms. The molecule has 0 saturated heterocycles. The third kappa shape index (κ3) is 3.29. The molecule has 2 aromatic heterocycles. The number of carboxylic acids is 1. The van der Waals surface area contributed by atoms with Crippen LogP contribution >= 0.6 is 0 Å². The number of nitrogens with zero attached hydrogens (tertiary/aromatic N) is 5. The number of aromatic nitrogens is 4. The molecule has 0 saturated carbocycles. The van der Waals surface area contributed by atoms with Gasteiger partial charge in [0.15, 0.2) is 0 Å². The van der Waals surface area contributed by atoms with Crippen LogP contribution in [0.2, 0.25) is 0 Å². The van der Waals surface area contributed by atoms with Crippen molar-refractivity contribution in [3.63, 3.8) is 0 Å². The van der Waals surface area contributed by atoms with Crippen LogP contribution < -0.4 is 0 Å². The molecule has 0 amide bonds. The molecular weight excluding hydrogens is 342 g/mol. The van der Waals surface area contributed by atoms with Crippen LogP contribution in [0.3, 0.4) is 0 Å². The molecule has 0 radical (unpaired) electrons. The van der Waals surface area contributed by atoms with E-state index in [1.54, 1.807) is 0 Å². The van der Waals surface area contributed by atoms with Crippen LogP contribution in [0.15, 0.2) is 48.5 Å². The minimum absolute atomic E-state index is 0.0770. The number of aliphatic carboxylic acids is 1. The Morgan fingerprint density at radius 2 is 1.33 bits per heavy atom. The second-order valence-electron chi connectivity index (χ2n) is 6.69. The van der Waals surface area contributed by atoms with E-state index in [1.165, 1.54) is 0 Å². The van der Waals surface area contributed by atoms with Gasteiger partial charge in [0.1, 0.15) is 11.6 Å². The van der Waals surface area contributed by atoms with Crippen molar-refractivity contribution in [3.8, 4) is 0 Å². The molecule has 2 heterocycles. The van der Waals surface area contributed by atoms with Gasteiger partial charge in [0.25, 0.3) is 0 Å². The average Bonchev–Trinajstić information content (AvgIpc) is 3.13. The van der Waals surface area contributed by atoms with E-state index in [2.05, 4.69) is 9.97 Å². The second-order valence-corrected chi connectivity index (χ2v) is 6.69. The monoisotopic (exact) mass is 363 g/mol. The minimum atomic E-state index is -0.868. The normalized spacial score (nSPS) is 11.7. The highest BCUT2D eigenvalue weighted by atomic mass is 16.4. The molecule has 2 aromatic carbocycles. The quantitative estimate of drug-likeness (QED) is 0.570. The number of para-hydroxylation sites is 4. The zero-order valence-corrected chi connectivity index (χ0v) is 15.3. The maximum atomic E-state index is 11.4. The molecule has 0 aliphatic heterocycles. The van der Waals surface area contributed by atoms with Gasteiger partial charge in [-0.1, -0.05) is 24.3 Å². The van der Waals surface area contributed by atoms with Crippen LogP contribution in [0, 0.1) is 0 Å². The summed E-state index contributed by atoms with van der Waals surface area (Å²) in [5.41, 5.74) is 3.89. The van der Waals surface area contributed by atoms with Gasteiger partial charge in [0.2, 0.25) is 0 Å². The SMILES string of the molecule is Cn1c(CN(CC(=O)O)Cc2nc3ccccc3n2C)nc2ccccc21. The van der Waals surface area contributed by atoms with Gasteiger partial charge in [-0.25, -0.2) is 9.97 Å². The van der Waals surface area contributed by atoms with Crippen molar-refractivity contribution in [1.29, 1.82) is 0 Å². The van der Waals surface area contributed by atoms with E-state index in [9.17, 15) is 9.90 Å². The predicted octanol–water partition coefficient (Wildman–Crippen LogP) is 2.55. The van der Waals surface area contributed by atoms with Gasteiger partial charge < -0.3 is 14.2 Å². The minimum Gasteiger partial charge on any atom is -0.480 e. The third-order valence-electron chi connectivity index (χ3n) is 4.85. The Kier molecular flexibility index (Phi) is 4.37. The maximum Gasteiger partial charge on any atom is 0.317 e. The molecular formula is C20H21N5O2. The summed E-state index contributed by atoms with van der Waals surface area (Å²) in [7, 11) is 3.91. The van der Waals surface area contributed by atoms with Crippen molar-refractivity contribution >= 4 is 28.0 Å². The highest BCUT2D eigenvalue weighted by molar-refractivity contribution is 5.76. The van der Waals surface area contributed by atoms with Gasteiger partial charge in [0, 0.05) is 14.1 Å². The molecule has 0 unspecified atom stereocenters. The molecule has 4 aromatic rings. The number of rotatable bonds is 6. The molecule has 138 valence electrons. The van der Waals surface area contributed by atoms with E-state index in [-0.39, 0.29) is 6.54 Å². The number of carbonyl (C=O) groups is 1. The fourth-order valence-electron chi connectivity index (χ4n) is 3.43. The van der Waals surface area contributed by atoms with Crippen molar-refractivity contribution in [3.05, 3.63) is 60.2 Å². The Hall–Kier alpha value is -3.19. The zero-order valence-electron chi connectivity index (χ0n) is 15.3. The Bertz CT molecular complexity index is 1050. The van der Waals surface area contributed by atoms with E-state index in [4.69, 9.17) is 0 Å². The van der Waals surface area contributed by atoms with E-state index >= 15 is 0 Å². The van der Waals surface area contributed by atoms with Crippen molar-refractivity contribution in [2.45, 2.75) is 13.1 Å². The molecule has 0 fully saturated rings. The average molecular weight is 363 g/mol. The molecule has 7 nitrogen and oxygen atoms in total. The van der Waals surface area contributed by atoms with Gasteiger partial charge in [0.05, 0.1) is 41.7 Å². The molecule has 1 N–H and O–H groups in total. The summed E-state index contributed by atoms with van der Waals surface area (Å²) in [6.45, 7) is 0.785. The summed E-state index contributed by atoms with van der Waals surface area (Å²) in [6.07, 6.45) is 0. The number of carboxylic acid groups (broad SMARTS) is 1. The van der Waals surface area contributed by atoms with Crippen molar-refractivity contribution in [1.82, 2.24) is 24.0 Å². The highest BCUT2D eigenvalue weighted by Crippen LogP contribution is 2.18. The lowest BCUT2D eigenvalue weighted by molar-refractivity contribution is -0.138. The molecule has 27 heavy (non-hydrogen) atoms. The smallest absolute Gasteiger partial charge is 0.317 e. The Balaban J connectivity index is 1.65. The molecule has 0 bridgehead atoms. The van der Waals surface area contributed by atoms with Gasteiger partial charge in [-0.15, -0.1) is 0 Å². The molecule has 0 atom stereocenters. The lowest BCUT2D eigenvalue weighted by Gasteiger charge is -2.19. The topological polar surface area (TPSA) is 76.2 Å². The first-order valence-corrected chi connectivity index (χ1v) is 8.78. The van der Waals surface area contributed by atoms with Crippen LogP contribution in [0.1, 0.15) is 11.6 Å². The van der Waals surface area contributed by atoms with Crippen LogP contribution in [0.25, 0.3) is 22.1 Å². The summed E-state index contributed by atoms with van der Waals surface area (Å²) >= 11 is 0. The largest absolute Gasteiger partial charge is 0.480 e. The van der Waals surface area contributed by atoms with Gasteiger partial charge >= 0.3 is 5.97 Å². The lowest BCUT2D eigenvalue weighted by Crippen LogP contribution is -2.31. The summed E-state index contributed by atoms with van der Waals surface area (Å²) in [4.78, 5) is 22.6. The first kappa shape index (κ1) is 17.2. The van der Waals surface area contributed by atoms with Crippen LogP contribution in [-0.2, 0) is 32.0 Å². The first-order chi connectivity index (χ1) is 13.0. The Morgan fingerprint density at radius 3 is 1.74 bits per heavy atom. The predicted molar refractivity (Wildman–Crippen MR) is 103 cm³/mol. The number of aryl methyl sites for hydroxylation is 2. The van der Waals surface area contributed by atoms with E-state index in [1.807, 2.05) is 76.7 Å². The van der Waals surface area contributed by atoms with E-state index in [0.717, 1.165) is 33.7 Å². The Labute approximate surface area is 156 Å². The summed E-state index contributed by atoms with van der Waals surface area (Å²) in [6, 6.07) is 15.8. The van der Waals surface area contributed by atoms with Crippen LogP contribution in [0.5, 0.6) is 0 Å². The number of benzene rings is 2. The van der Waals surface area contributed by atoms with Crippen LogP contribution in [0.4, 0.5) is 0 Å². The number of hydrogen-bond donors (Lipinski definition) is 1. The zero-order chi connectivity index (χ0) is 19.0. The van der Waals surface area contributed by atoms with Crippen molar-refractivity contribution in [2.24, 2.45) is 14.1 Å². The summed E-state index contributed by atoms with van der Waals surface area (Å²) in [5, 5.41) is 9.36. The number of hydrogen-bond acceptors (Lipinski definition) is 4. The summed E-state index contributed by atoms with van der Waals surface area (Å²) < 4.78 is 4.03. The van der Waals surface area contributed by atoms with Crippen molar-refractivity contribution in [2.75, 3.05) is 6.54 Å². The molecule has 4 rings (SSSR count). The highest BCUT2D eigenvalue weighted by Gasteiger charge is 2.18. The van der Waals surface area contributed by atoms with Gasteiger partial charge in [-0.05, 0) is 24.3 Å². The summed E-state index contributed by atoms with van der Waals surface area (Å²) in [5.74, 6) is 0.792. The number of imidazole rings is 2. The van der Waals surface area contributed by atoms with Crippen molar-refractivity contribution < 1.29 is 9.90 Å². The Morgan fingerprint density at radius 1 is 0.889 bits per heavy atom. The standard InChI is InChI=1S/C20H21N5O2/c1-23-16-9-5-3-7-14(16)21-18(23)11-25(13-20(26)27)12-19-22-15-8-4-6-10-17(15)24(19)2/h3-10H,11-13H2,1-2H3,(H,26,27). The van der Waals surface area contributed by atoms with E-state index < -0.39 is 5.97 Å². The van der Waals surface area contributed by atoms with Crippen LogP contribution in [-0.4, -0.2) is 41.6 Å². The van der Waals surface area contributed by atoms with E-state index in [0.29, 0.717) is 13.1 Å². The van der Waals surface area contributed by atoms with Gasteiger partial charge in [-0.2, -0.15) is 0 Å². The first-order valence-electron chi connectivity index (χ1n) is 8.78. The fraction of sp³-hybridized carbons (Fsp3) is 0.250. The third-order valence-corrected chi connectivity index (χ3v) is 4.85. The fourth-order valence-corrected chi connectivity index (χ4v) is 3.43. The lowest BCUT2D eigenvalue weighted by atomic mass is 10.3.